The van der Waals surface area contributed by atoms with Crippen molar-refractivity contribution in [2.24, 2.45) is 5.16 Å². The zero-order chi connectivity index (χ0) is 16.0. The highest BCUT2D eigenvalue weighted by atomic mass is 19.4. The van der Waals surface area contributed by atoms with E-state index in [0.29, 0.717) is 11.1 Å². The molecular weight excluding hydrogens is 293 g/mol. The Morgan fingerprint density at radius 2 is 1.68 bits per heavy atom. The summed E-state index contributed by atoms with van der Waals surface area (Å²) in [5.41, 5.74) is 1.19. The van der Waals surface area contributed by atoms with Gasteiger partial charge in [0.25, 0.3) is 0 Å². The van der Waals surface area contributed by atoms with Crippen molar-refractivity contribution in [1.82, 2.24) is 0 Å². The van der Waals surface area contributed by atoms with Crippen molar-refractivity contribution in [3.8, 4) is 6.07 Å². The Morgan fingerprint density at radius 1 is 1.05 bits per heavy atom. The van der Waals surface area contributed by atoms with Crippen molar-refractivity contribution in [3.05, 3.63) is 70.8 Å². The minimum Gasteiger partial charge on any atom is -0.391 e. The molecule has 0 heterocycles. The second kappa shape index (κ2) is 6.76. The van der Waals surface area contributed by atoms with Crippen molar-refractivity contribution >= 4 is 6.21 Å². The van der Waals surface area contributed by atoms with Crippen LogP contribution in [0.2, 0.25) is 0 Å². The second-order valence-electron chi connectivity index (χ2n) is 4.44. The molecule has 0 unspecified atom stereocenters. The van der Waals surface area contributed by atoms with Gasteiger partial charge in [-0.15, -0.1) is 0 Å². The summed E-state index contributed by atoms with van der Waals surface area (Å²) in [6.07, 6.45) is -2.88. The Bertz CT molecular complexity index is 683. The predicted molar refractivity (Wildman–Crippen MR) is 75.0 cm³/mol. The summed E-state index contributed by atoms with van der Waals surface area (Å²) in [5, 5.41) is 12.4. The zero-order valence-corrected chi connectivity index (χ0v) is 11.3. The van der Waals surface area contributed by atoms with E-state index in [0.717, 1.165) is 17.7 Å². The van der Waals surface area contributed by atoms with Gasteiger partial charge in [0.2, 0.25) is 0 Å². The van der Waals surface area contributed by atoms with Gasteiger partial charge in [0.15, 0.2) is 0 Å². The second-order valence-corrected chi connectivity index (χ2v) is 4.44. The molecule has 22 heavy (non-hydrogen) atoms. The van der Waals surface area contributed by atoms with E-state index < -0.39 is 11.7 Å². The molecule has 2 rings (SSSR count). The van der Waals surface area contributed by atoms with Gasteiger partial charge in [-0.05, 0) is 35.4 Å². The fourth-order valence-electron chi connectivity index (χ4n) is 1.64. The molecule has 0 saturated carbocycles. The van der Waals surface area contributed by atoms with Crippen LogP contribution in [0.25, 0.3) is 0 Å². The van der Waals surface area contributed by atoms with Crippen LogP contribution in [-0.2, 0) is 17.6 Å². The fourth-order valence-corrected chi connectivity index (χ4v) is 1.64. The minimum atomic E-state index is -4.34. The number of hydrogen-bond donors (Lipinski definition) is 0. The number of oxime groups is 1. The van der Waals surface area contributed by atoms with Gasteiger partial charge in [-0.25, -0.2) is 0 Å². The van der Waals surface area contributed by atoms with Gasteiger partial charge in [0, 0.05) is 0 Å². The summed E-state index contributed by atoms with van der Waals surface area (Å²) in [7, 11) is 0. The SMILES string of the molecule is N#Cc1ccc(C=NOCc2ccc(C(F)(F)F)cc2)cc1. The topological polar surface area (TPSA) is 45.4 Å². The van der Waals surface area contributed by atoms with Crippen LogP contribution in [0.4, 0.5) is 13.2 Å². The van der Waals surface area contributed by atoms with E-state index in [4.69, 9.17) is 10.1 Å². The van der Waals surface area contributed by atoms with Gasteiger partial charge in [0.1, 0.15) is 6.61 Å². The molecule has 0 aliphatic rings. The Balaban J connectivity index is 1.88. The molecule has 0 saturated heterocycles. The van der Waals surface area contributed by atoms with E-state index in [2.05, 4.69) is 5.16 Å². The van der Waals surface area contributed by atoms with E-state index in [1.807, 2.05) is 6.07 Å². The van der Waals surface area contributed by atoms with E-state index in [-0.39, 0.29) is 6.61 Å². The Labute approximate surface area is 125 Å². The third-order valence-corrected chi connectivity index (χ3v) is 2.83. The summed E-state index contributed by atoms with van der Waals surface area (Å²) in [5.74, 6) is 0. The molecule has 0 aliphatic heterocycles. The van der Waals surface area contributed by atoms with Crippen LogP contribution in [0, 0.1) is 11.3 Å². The maximum atomic E-state index is 12.4. The average Bonchev–Trinajstić information content (AvgIpc) is 2.52. The first kappa shape index (κ1) is 15.6. The number of nitrogens with zero attached hydrogens (tertiary/aromatic N) is 2. The van der Waals surface area contributed by atoms with E-state index in [1.54, 1.807) is 24.3 Å². The number of hydrogen-bond acceptors (Lipinski definition) is 3. The number of benzene rings is 2. The maximum absolute atomic E-state index is 12.4. The molecule has 0 spiro atoms. The highest BCUT2D eigenvalue weighted by Gasteiger charge is 2.29. The Morgan fingerprint density at radius 3 is 2.23 bits per heavy atom. The summed E-state index contributed by atoms with van der Waals surface area (Å²) in [6.45, 7) is 0.0743. The molecule has 0 aliphatic carbocycles. The molecule has 0 bridgehead atoms. The predicted octanol–water partition coefficient (Wildman–Crippen LogP) is 4.13. The van der Waals surface area contributed by atoms with Gasteiger partial charge < -0.3 is 4.84 Å². The summed E-state index contributed by atoms with van der Waals surface area (Å²) in [6, 6.07) is 13.4. The summed E-state index contributed by atoms with van der Waals surface area (Å²) < 4.78 is 37.2. The smallest absolute Gasteiger partial charge is 0.391 e. The first-order valence-electron chi connectivity index (χ1n) is 6.30. The highest BCUT2D eigenvalue weighted by Crippen LogP contribution is 2.29. The number of nitriles is 1. The fraction of sp³-hybridized carbons (Fsp3) is 0.125. The van der Waals surface area contributed by atoms with Crippen molar-refractivity contribution in [1.29, 1.82) is 5.26 Å². The van der Waals surface area contributed by atoms with Crippen LogP contribution in [-0.4, -0.2) is 6.21 Å². The summed E-state index contributed by atoms with van der Waals surface area (Å²) >= 11 is 0. The van der Waals surface area contributed by atoms with Crippen molar-refractivity contribution in [2.75, 3.05) is 0 Å². The first-order chi connectivity index (χ1) is 10.5. The number of halogens is 3. The first-order valence-corrected chi connectivity index (χ1v) is 6.30. The van der Waals surface area contributed by atoms with Crippen LogP contribution in [0.1, 0.15) is 22.3 Å². The van der Waals surface area contributed by atoms with Crippen molar-refractivity contribution in [2.45, 2.75) is 12.8 Å². The Kier molecular flexibility index (Phi) is 4.79. The molecule has 2 aromatic rings. The van der Waals surface area contributed by atoms with E-state index in [1.165, 1.54) is 18.3 Å². The molecule has 112 valence electrons. The van der Waals surface area contributed by atoms with Crippen LogP contribution < -0.4 is 0 Å². The number of rotatable bonds is 4. The molecule has 0 radical (unpaired) electrons. The molecule has 2 aromatic carbocycles. The largest absolute Gasteiger partial charge is 0.416 e. The minimum absolute atomic E-state index is 0.0743. The molecular formula is C16H11F3N2O. The molecule has 0 aromatic heterocycles. The monoisotopic (exact) mass is 304 g/mol. The molecule has 0 N–H and O–H groups in total. The standard InChI is InChI=1S/C16H11F3N2O/c17-16(18,19)15-7-5-14(6-8-15)11-22-21-10-13-3-1-12(9-20)2-4-13/h1-8,10H,11H2. The van der Waals surface area contributed by atoms with Gasteiger partial charge in [0.05, 0.1) is 23.4 Å². The lowest BCUT2D eigenvalue weighted by atomic mass is 10.1. The molecule has 3 nitrogen and oxygen atoms in total. The average molecular weight is 304 g/mol. The number of alkyl halides is 3. The summed E-state index contributed by atoms with van der Waals surface area (Å²) in [4.78, 5) is 5.03. The molecule has 0 atom stereocenters. The zero-order valence-electron chi connectivity index (χ0n) is 11.3. The normalized spacial score (nSPS) is 11.4. The van der Waals surface area contributed by atoms with E-state index >= 15 is 0 Å². The third kappa shape index (κ3) is 4.35. The van der Waals surface area contributed by atoms with Gasteiger partial charge in [-0.2, -0.15) is 18.4 Å². The van der Waals surface area contributed by atoms with Crippen LogP contribution >= 0.6 is 0 Å². The molecule has 0 fully saturated rings. The van der Waals surface area contributed by atoms with Crippen LogP contribution in [0.15, 0.2) is 53.7 Å². The van der Waals surface area contributed by atoms with Crippen molar-refractivity contribution < 1.29 is 18.0 Å². The maximum Gasteiger partial charge on any atom is 0.416 e. The van der Waals surface area contributed by atoms with Gasteiger partial charge in [-0.1, -0.05) is 29.4 Å². The van der Waals surface area contributed by atoms with Gasteiger partial charge in [-0.3, -0.25) is 0 Å². The molecule has 6 heteroatoms. The van der Waals surface area contributed by atoms with Gasteiger partial charge >= 0.3 is 6.18 Å². The molecule has 0 amide bonds. The lowest BCUT2D eigenvalue weighted by Gasteiger charge is -2.06. The lowest BCUT2D eigenvalue weighted by Crippen LogP contribution is -2.04. The third-order valence-electron chi connectivity index (χ3n) is 2.83. The van der Waals surface area contributed by atoms with E-state index in [9.17, 15) is 13.2 Å². The van der Waals surface area contributed by atoms with Crippen LogP contribution in [0.3, 0.4) is 0 Å². The van der Waals surface area contributed by atoms with Crippen LogP contribution in [0.5, 0.6) is 0 Å². The Hall–Kier alpha value is -2.81. The lowest BCUT2D eigenvalue weighted by molar-refractivity contribution is -0.137. The quantitative estimate of drug-likeness (QED) is 0.630. The highest BCUT2D eigenvalue weighted by molar-refractivity contribution is 5.79. The van der Waals surface area contributed by atoms with Crippen molar-refractivity contribution in [3.63, 3.8) is 0 Å².